The van der Waals surface area contributed by atoms with Crippen molar-refractivity contribution < 1.29 is 0 Å². The zero-order chi connectivity index (χ0) is 13.6. The Hall–Kier alpha value is -0.560. The van der Waals surface area contributed by atoms with Crippen LogP contribution in [0.15, 0.2) is 40.9 Å². The molecule has 0 radical (unpaired) electrons. The van der Waals surface area contributed by atoms with Gasteiger partial charge in [0.05, 0.1) is 0 Å². The highest BCUT2D eigenvalue weighted by Crippen LogP contribution is 2.19. The third-order valence-electron chi connectivity index (χ3n) is 2.94. The molecule has 1 unspecified atom stereocenters. The summed E-state index contributed by atoms with van der Waals surface area (Å²) >= 11 is 3.47. The molecule has 1 heteroatoms. The van der Waals surface area contributed by atoms with Crippen LogP contribution in [0.5, 0.6) is 0 Å². The summed E-state index contributed by atoms with van der Waals surface area (Å²) < 4.78 is 1.16. The molecular weight excluding hydrogens is 284 g/mol. The van der Waals surface area contributed by atoms with E-state index in [1.165, 1.54) is 24.8 Å². The number of rotatable bonds is 5. The highest BCUT2D eigenvalue weighted by atomic mass is 79.9. The first-order valence-corrected chi connectivity index (χ1v) is 7.58. The lowest BCUT2D eigenvalue weighted by atomic mass is 9.93. The van der Waals surface area contributed by atoms with Crippen LogP contribution < -0.4 is 0 Å². The van der Waals surface area contributed by atoms with Crippen LogP contribution in [-0.2, 0) is 6.42 Å². The Morgan fingerprint density at radius 3 is 2.33 bits per heavy atom. The lowest BCUT2D eigenvalue weighted by Crippen LogP contribution is -2.00. The Bertz CT molecular complexity index is 368. The Kier molecular flexibility index (Phi) is 6.14. The molecule has 0 saturated heterocycles. The lowest BCUT2D eigenvalue weighted by molar-refractivity contribution is 0.522. The lowest BCUT2D eigenvalue weighted by Gasteiger charge is -2.13. The van der Waals surface area contributed by atoms with Crippen LogP contribution in [0.2, 0.25) is 0 Å². The predicted octanol–water partition coefficient (Wildman–Crippen LogP) is 6.01. The number of hydrogen-bond acceptors (Lipinski definition) is 0. The molecule has 1 aromatic rings. The van der Waals surface area contributed by atoms with Gasteiger partial charge >= 0.3 is 0 Å². The van der Waals surface area contributed by atoms with Gasteiger partial charge in [-0.15, -0.1) is 0 Å². The molecule has 0 amide bonds. The maximum Gasteiger partial charge on any atom is 0.0175 e. The molecule has 0 spiro atoms. The van der Waals surface area contributed by atoms with Crippen molar-refractivity contribution in [3.8, 4) is 0 Å². The standard InChI is InChI=1S/C17H25Br/c1-14(7-5-6-12-17(2,3)4)13-15-8-10-16(18)11-9-15/h6,8-12,14H,5,7,13H2,1-4H3/b12-6+. The van der Waals surface area contributed by atoms with Gasteiger partial charge in [-0.05, 0) is 48.3 Å². The van der Waals surface area contributed by atoms with E-state index in [0.29, 0.717) is 5.41 Å². The molecule has 1 aromatic carbocycles. The summed E-state index contributed by atoms with van der Waals surface area (Å²) in [6.45, 7) is 9.07. The van der Waals surface area contributed by atoms with Crippen LogP contribution in [0.4, 0.5) is 0 Å². The smallest absolute Gasteiger partial charge is 0.0175 e. The van der Waals surface area contributed by atoms with Crippen molar-refractivity contribution in [2.24, 2.45) is 11.3 Å². The monoisotopic (exact) mass is 308 g/mol. The summed E-state index contributed by atoms with van der Waals surface area (Å²) in [5.41, 5.74) is 1.75. The second kappa shape index (κ2) is 7.13. The van der Waals surface area contributed by atoms with Gasteiger partial charge in [-0.25, -0.2) is 0 Å². The van der Waals surface area contributed by atoms with Gasteiger partial charge in [0, 0.05) is 4.47 Å². The molecule has 0 fully saturated rings. The largest absolute Gasteiger partial charge is 0.0880 e. The van der Waals surface area contributed by atoms with Crippen molar-refractivity contribution in [2.45, 2.75) is 47.0 Å². The summed E-state index contributed by atoms with van der Waals surface area (Å²) in [4.78, 5) is 0. The van der Waals surface area contributed by atoms with Gasteiger partial charge in [0.1, 0.15) is 0 Å². The minimum Gasteiger partial charge on any atom is -0.0880 e. The molecule has 0 saturated carbocycles. The molecule has 1 rings (SSSR count). The molecule has 0 aromatic heterocycles. The Morgan fingerprint density at radius 1 is 1.17 bits per heavy atom. The van der Waals surface area contributed by atoms with Gasteiger partial charge in [0.2, 0.25) is 0 Å². The molecule has 1 atom stereocenters. The molecule has 0 aliphatic heterocycles. The SMILES string of the molecule is CC(CC/C=C/C(C)(C)C)Cc1ccc(Br)cc1. The Morgan fingerprint density at radius 2 is 1.78 bits per heavy atom. The molecule has 18 heavy (non-hydrogen) atoms. The second-order valence-corrected chi connectivity index (χ2v) is 7.20. The fourth-order valence-electron chi connectivity index (χ4n) is 1.94. The van der Waals surface area contributed by atoms with Crippen molar-refractivity contribution in [3.63, 3.8) is 0 Å². The first kappa shape index (κ1) is 15.5. The average Bonchev–Trinajstić information content (AvgIpc) is 2.26. The maximum absolute atomic E-state index is 3.47. The van der Waals surface area contributed by atoms with Gasteiger partial charge in [-0.1, -0.05) is 67.9 Å². The molecule has 0 bridgehead atoms. The quantitative estimate of drug-likeness (QED) is 0.584. The van der Waals surface area contributed by atoms with E-state index >= 15 is 0 Å². The molecular formula is C17H25Br. The third-order valence-corrected chi connectivity index (χ3v) is 3.47. The minimum absolute atomic E-state index is 0.314. The van der Waals surface area contributed by atoms with Crippen molar-refractivity contribution in [3.05, 3.63) is 46.5 Å². The summed E-state index contributed by atoms with van der Waals surface area (Å²) in [6.07, 6.45) is 8.28. The van der Waals surface area contributed by atoms with Crippen molar-refractivity contribution in [1.29, 1.82) is 0 Å². The van der Waals surface area contributed by atoms with Gasteiger partial charge in [-0.3, -0.25) is 0 Å². The van der Waals surface area contributed by atoms with E-state index in [-0.39, 0.29) is 0 Å². The van der Waals surface area contributed by atoms with Gasteiger partial charge in [0.15, 0.2) is 0 Å². The van der Waals surface area contributed by atoms with Crippen LogP contribution in [-0.4, -0.2) is 0 Å². The normalized spacial score (nSPS) is 14.1. The number of allylic oxidation sites excluding steroid dienone is 2. The number of hydrogen-bond donors (Lipinski definition) is 0. The minimum atomic E-state index is 0.314. The summed E-state index contributed by atoms with van der Waals surface area (Å²) in [5, 5.41) is 0. The first-order chi connectivity index (χ1) is 8.37. The van der Waals surface area contributed by atoms with E-state index in [9.17, 15) is 0 Å². The topological polar surface area (TPSA) is 0 Å². The average molecular weight is 309 g/mol. The zero-order valence-corrected chi connectivity index (χ0v) is 13.6. The molecule has 0 N–H and O–H groups in total. The summed E-state index contributed by atoms with van der Waals surface area (Å²) in [6, 6.07) is 8.68. The van der Waals surface area contributed by atoms with E-state index < -0.39 is 0 Å². The third kappa shape index (κ3) is 7.00. The van der Waals surface area contributed by atoms with E-state index in [4.69, 9.17) is 0 Å². The van der Waals surface area contributed by atoms with Crippen molar-refractivity contribution in [1.82, 2.24) is 0 Å². The number of halogens is 1. The van der Waals surface area contributed by atoms with E-state index in [0.717, 1.165) is 10.4 Å². The fourth-order valence-corrected chi connectivity index (χ4v) is 2.21. The zero-order valence-electron chi connectivity index (χ0n) is 12.0. The van der Waals surface area contributed by atoms with Gasteiger partial charge < -0.3 is 0 Å². The summed E-state index contributed by atoms with van der Waals surface area (Å²) in [7, 11) is 0. The second-order valence-electron chi connectivity index (χ2n) is 6.28. The van der Waals surface area contributed by atoms with Crippen LogP contribution in [0.3, 0.4) is 0 Å². The highest BCUT2D eigenvalue weighted by Gasteiger charge is 2.05. The van der Waals surface area contributed by atoms with Crippen LogP contribution in [0.1, 0.15) is 46.1 Å². The molecule has 0 aliphatic rings. The first-order valence-electron chi connectivity index (χ1n) is 6.79. The Balaban J connectivity index is 2.32. The van der Waals surface area contributed by atoms with Crippen LogP contribution in [0, 0.1) is 11.3 Å². The number of benzene rings is 1. The van der Waals surface area contributed by atoms with E-state index in [1.807, 2.05) is 0 Å². The molecule has 0 heterocycles. The van der Waals surface area contributed by atoms with E-state index in [2.05, 4.69) is 80.0 Å². The fraction of sp³-hybridized carbons (Fsp3) is 0.529. The van der Waals surface area contributed by atoms with Crippen molar-refractivity contribution >= 4 is 15.9 Å². The molecule has 0 nitrogen and oxygen atoms in total. The van der Waals surface area contributed by atoms with Crippen molar-refractivity contribution in [2.75, 3.05) is 0 Å². The predicted molar refractivity (Wildman–Crippen MR) is 84.8 cm³/mol. The van der Waals surface area contributed by atoms with Gasteiger partial charge in [-0.2, -0.15) is 0 Å². The van der Waals surface area contributed by atoms with Crippen LogP contribution >= 0.6 is 15.9 Å². The Labute approximate surface area is 121 Å². The van der Waals surface area contributed by atoms with E-state index in [1.54, 1.807) is 0 Å². The van der Waals surface area contributed by atoms with Crippen LogP contribution in [0.25, 0.3) is 0 Å². The maximum atomic E-state index is 3.47. The molecule has 0 aliphatic carbocycles. The van der Waals surface area contributed by atoms with Gasteiger partial charge in [0.25, 0.3) is 0 Å². The highest BCUT2D eigenvalue weighted by molar-refractivity contribution is 9.10. The summed E-state index contributed by atoms with van der Waals surface area (Å²) in [5.74, 6) is 0.746. The molecule has 100 valence electrons.